The van der Waals surface area contributed by atoms with E-state index < -0.39 is 11.5 Å². The van der Waals surface area contributed by atoms with Crippen molar-refractivity contribution < 1.29 is 9.18 Å². The van der Waals surface area contributed by atoms with Crippen LogP contribution in [0.5, 0.6) is 0 Å². The summed E-state index contributed by atoms with van der Waals surface area (Å²) in [6.45, 7) is 18.3. The number of benzene rings is 1. The van der Waals surface area contributed by atoms with Crippen LogP contribution >= 0.6 is 11.6 Å². The molecule has 1 aromatic carbocycles. The summed E-state index contributed by atoms with van der Waals surface area (Å²) in [5.41, 5.74) is 2.87. The zero-order chi connectivity index (χ0) is 31.9. The fraction of sp³-hybridized carbons (Fsp3) is 0.324. The number of pyridine rings is 2. The second-order valence-electron chi connectivity index (χ2n) is 11.4. The van der Waals surface area contributed by atoms with Gasteiger partial charge in [-0.2, -0.15) is 4.98 Å². The molecule has 44 heavy (non-hydrogen) atoms. The Balaban J connectivity index is 1.89. The number of amides is 1. The van der Waals surface area contributed by atoms with Crippen LogP contribution in [-0.2, 0) is 11.2 Å². The highest BCUT2D eigenvalue weighted by Crippen LogP contribution is 2.38. The molecule has 1 saturated heterocycles. The molecule has 1 aliphatic rings. The lowest BCUT2D eigenvalue weighted by Gasteiger charge is -2.45. The molecule has 10 heteroatoms. The number of hydrogen-bond acceptors (Lipinski definition) is 6. The van der Waals surface area contributed by atoms with Gasteiger partial charge in [-0.05, 0) is 61.6 Å². The first-order valence-electron chi connectivity index (χ1n) is 14.7. The summed E-state index contributed by atoms with van der Waals surface area (Å²) in [6.07, 6.45) is 5.23. The van der Waals surface area contributed by atoms with Crippen LogP contribution in [0.2, 0.25) is 5.02 Å². The Morgan fingerprint density at radius 1 is 1.16 bits per heavy atom. The lowest BCUT2D eigenvalue weighted by Crippen LogP contribution is -2.58. The van der Waals surface area contributed by atoms with Crippen LogP contribution in [0.4, 0.5) is 10.2 Å². The van der Waals surface area contributed by atoms with Gasteiger partial charge in [0.1, 0.15) is 11.6 Å². The van der Waals surface area contributed by atoms with Crippen molar-refractivity contribution in [1.29, 1.82) is 0 Å². The van der Waals surface area contributed by atoms with Crippen molar-refractivity contribution in [2.45, 2.75) is 59.0 Å². The summed E-state index contributed by atoms with van der Waals surface area (Å²) < 4.78 is 16.9. The molecule has 4 heterocycles. The first kappa shape index (κ1) is 31.1. The van der Waals surface area contributed by atoms with E-state index in [1.165, 1.54) is 16.7 Å². The molecule has 0 aliphatic carbocycles. The van der Waals surface area contributed by atoms with E-state index in [0.717, 1.165) is 11.3 Å². The van der Waals surface area contributed by atoms with Crippen LogP contribution in [-0.4, -0.2) is 55.5 Å². The maximum Gasteiger partial charge on any atom is 0.355 e. The quantitative estimate of drug-likeness (QED) is 0.219. The van der Waals surface area contributed by atoms with E-state index in [4.69, 9.17) is 16.6 Å². The molecule has 228 valence electrons. The van der Waals surface area contributed by atoms with Crippen molar-refractivity contribution in [2.24, 2.45) is 0 Å². The van der Waals surface area contributed by atoms with Gasteiger partial charge in [0.15, 0.2) is 5.65 Å². The van der Waals surface area contributed by atoms with E-state index in [9.17, 15) is 9.59 Å². The maximum atomic E-state index is 15.4. The van der Waals surface area contributed by atoms with Crippen LogP contribution < -0.4 is 10.6 Å². The Morgan fingerprint density at radius 2 is 1.86 bits per heavy atom. The predicted molar refractivity (Wildman–Crippen MR) is 175 cm³/mol. The summed E-state index contributed by atoms with van der Waals surface area (Å²) in [4.78, 5) is 44.7. The average Bonchev–Trinajstić information content (AvgIpc) is 3.00. The van der Waals surface area contributed by atoms with Crippen LogP contribution in [0, 0.1) is 5.82 Å². The van der Waals surface area contributed by atoms with Crippen LogP contribution in [0.3, 0.4) is 0 Å². The summed E-state index contributed by atoms with van der Waals surface area (Å²) >= 11 is 6.91. The SMILES string of the molecule is C=CC(=O)N1C[C@H](C)N(c2nc(=O)n(-c3c(CC)ccnc3C(C)C)c3nc(-c4c(F)cccc4C=C)c(Cl)cc23)[C@@H](C)C1. The number of fused-ring (bicyclic) bond motifs is 1. The van der Waals surface area contributed by atoms with Gasteiger partial charge in [0, 0.05) is 36.9 Å². The van der Waals surface area contributed by atoms with Gasteiger partial charge >= 0.3 is 5.69 Å². The number of carbonyl (C=O) groups excluding carboxylic acids is 1. The highest BCUT2D eigenvalue weighted by Gasteiger charge is 2.34. The fourth-order valence-electron chi connectivity index (χ4n) is 6.17. The lowest BCUT2D eigenvalue weighted by molar-refractivity contribution is -0.127. The Bertz CT molecular complexity index is 1840. The van der Waals surface area contributed by atoms with Crippen LogP contribution in [0.25, 0.3) is 34.1 Å². The molecule has 5 rings (SSSR count). The number of halogens is 2. The third kappa shape index (κ3) is 5.30. The number of hydrogen-bond donors (Lipinski definition) is 0. The molecule has 4 aromatic rings. The number of anilines is 1. The Kier molecular flexibility index (Phi) is 8.70. The molecule has 0 N–H and O–H groups in total. The molecule has 8 nitrogen and oxygen atoms in total. The molecule has 0 unspecified atom stereocenters. The van der Waals surface area contributed by atoms with Crippen molar-refractivity contribution in [3.63, 3.8) is 0 Å². The zero-order valence-corrected chi connectivity index (χ0v) is 26.4. The van der Waals surface area contributed by atoms with E-state index >= 15 is 4.39 Å². The minimum atomic E-state index is -0.542. The highest BCUT2D eigenvalue weighted by atomic mass is 35.5. The normalized spacial score (nSPS) is 16.9. The van der Waals surface area contributed by atoms with E-state index in [1.807, 2.05) is 45.6 Å². The van der Waals surface area contributed by atoms with Crippen LogP contribution in [0.1, 0.15) is 57.4 Å². The first-order chi connectivity index (χ1) is 21.0. The molecular formula is C34H36ClFN6O2. The molecule has 0 bridgehead atoms. The Morgan fingerprint density at radius 3 is 2.48 bits per heavy atom. The van der Waals surface area contributed by atoms with Crippen molar-refractivity contribution in [2.75, 3.05) is 18.0 Å². The zero-order valence-electron chi connectivity index (χ0n) is 25.6. The van der Waals surface area contributed by atoms with E-state index in [0.29, 0.717) is 42.0 Å². The molecule has 0 spiro atoms. The summed E-state index contributed by atoms with van der Waals surface area (Å²) in [5, 5.41) is 0.725. The molecule has 1 amide bonds. The summed E-state index contributed by atoms with van der Waals surface area (Å²) in [6, 6.07) is 7.88. The average molecular weight is 615 g/mol. The summed E-state index contributed by atoms with van der Waals surface area (Å²) in [7, 11) is 0. The summed E-state index contributed by atoms with van der Waals surface area (Å²) in [5.74, 6) is -0.278. The third-order valence-electron chi connectivity index (χ3n) is 8.14. The Hall–Kier alpha value is -4.37. The number of aryl methyl sites for hydroxylation is 1. The molecule has 3 aromatic heterocycles. The molecule has 0 radical (unpaired) electrons. The second-order valence-corrected chi connectivity index (χ2v) is 11.8. The molecular weight excluding hydrogens is 579 g/mol. The molecule has 2 atom stereocenters. The standard InChI is InChI=1S/C34H36ClFN6O2/c1-8-22-12-11-13-26(36)28(22)30-25(35)16-24-32(38-30)42(31-23(9-2)14-15-37-29(31)19(4)5)34(44)39-33(24)41-20(6)17-40(18-21(41)7)27(43)10-3/h8,10-16,19-21H,1,3,9,17-18H2,2,4-7H3/t20-,21-/m0/s1. The predicted octanol–water partition coefficient (Wildman–Crippen LogP) is 6.58. The van der Waals surface area contributed by atoms with Gasteiger partial charge in [0.05, 0.1) is 27.5 Å². The monoisotopic (exact) mass is 614 g/mol. The second kappa shape index (κ2) is 12.3. The number of piperazine rings is 1. The van der Waals surface area contributed by atoms with Crippen molar-refractivity contribution >= 4 is 40.4 Å². The van der Waals surface area contributed by atoms with Gasteiger partial charge in [0.2, 0.25) is 5.91 Å². The molecule has 1 aliphatic heterocycles. The number of carbonyl (C=O) groups is 1. The number of aromatic nitrogens is 4. The number of nitrogens with zero attached hydrogens (tertiary/aromatic N) is 6. The van der Waals surface area contributed by atoms with Crippen molar-refractivity contribution in [1.82, 2.24) is 24.4 Å². The van der Waals surface area contributed by atoms with Gasteiger partial charge in [0.25, 0.3) is 0 Å². The number of rotatable bonds is 7. The van der Waals surface area contributed by atoms with E-state index in [1.54, 1.807) is 35.4 Å². The van der Waals surface area contributed by atoms with Crippen LogP contribution in [0.15, 0.2) is 60.6 Å². The lowest BCUT2D eigenvalue weighted by atomic mass is 10.0. The Labute approximate surface area is 261 Å². The fourth-order valence-corrected chi connectivity index (χ4v) is 6.41. The van der Waals surface area contributed by atoms with Gasteiger partial charge < -0.3 is 9.80 Å². The van der Waals surface area contributed by atoms with Crippen molar-refractivity contribution in [3.8, 4) is 16.9 Å². The highest BCUT2D eigenvalue weighted by molar-refractivity contribution is 6.34. The smallest absolute Gasteiger partial charge is 0.347 e. The minimum Gasteiger partial charge on any atom is -0.347 e. The van der Waals surface area contributed by atoms with Gasteiger partial charge in [-0.25, -0.2) is 18.7 Å². The molecule has 0 saturated carbocycles. The minimum absolute atomic E-state index is 0.0145. The maximum absolute atomic E-state index is 15.4. The van der Waals surface area contributed by atoms with Gasteiger partial charge in [-0.1, -0.05) is 63.7 Å². The largest absolute Gasteiger partial charge is 0.355 e. The van der Waals surface area contributed by atoms with E-state index in [-0.39, 0.29) is 45.8 Å². The third-order valence-corrected chi connectivity index (χ3v) is 8.43. The van der Waals surface area contributed by atoms with E-state index in [2.05, 4.69) is 23.1 Å². The van der Waals surface area contributed by atoms with Crippen molar-refractivity contribution in [3.05, 3.63) is 93.9 Å². The first-order valence-corrected chi connectivity index (χ1v) is 15.1. The molecule has 1 fully saturated rings. The van der Waals surface area contributed by atoms with Gasteiger partial charge in [-0.15, -0.1) is 0 Å². The topological polar surface area (TPSA) is 84.2 Å². The van der Waals surface area contributed by atoms with Gasteiger partial charge in [-0.3, -0.25) is 9.78 Å².